The lowest BCUT2D eigenvalue weighted by Gasteiger charge is -2.24. The van der Waals surface area contributed by atoms with E-state index in [4.69, 9.17) is 4.99 Å². The summed E-state index contributed by atoms with van der Waals surface area (Å²) in [5, 5.41) is 3.50. The van der Waals surface area contributed by atoms with Gasteiger partial charge in [-0.25, -0.2) is 0 Å². The average Bonchev–Trinajstić information content (AvgIpc) is 2.94. The minimum absolute atomic E-state index is 0.0263. The Bertz CT molecular complexity index is 846. The Morgan fingerprint density at radius 3 is 2.52 bits per heavy atom. The van der Waals surface area contributed by atoms with Crippen LogP contribution in [0.4, 0.5) is 5.69 Å². The van der Waals surface area contributed by atoms with Crippen LogP contribution in [-0.2, 0) is 0 Å². The predicted octanol–water partition coefficient (Wildman–Crippen LogP) is 5.66. The van der Waals surface area contributed by atoms with Crippen molar-refractivity contribution in [1.29, 1.82) is 0 Å². The fourth-order valence-corrected chi connectivity index (χ4v) is 2.71. The van der Waals surface area contributed by atoms with Crippen LogP contribution in [0.25, 0.3) is 0 Å². The SMILES string of the molecule is C/C=C(\N=C(C)C)C1=NC2C=CC=CC=C2C(Nc2ccncc2)=C1.CC. The second-order valence-electron chi connectivity index (χ2n) is 6.00. The minimum Gasteiger partial charge on any atom is -0.355 e. The van der Waals surface area contributed by atoms with Gasteiger partial charge in [0.2, 0.25) is 0 Å². The van der Waals surface area contributed by atoms with E-state index in [0.29, 0.717) is 0 Å². The van der Waals surface area contributed by atoms with Crippen molar-refractivity contribution in [2.24, 2.45) is 9.98 Å². The van der Waals surface area contributed by atoms with E-state index in [1.165, 1.54) is 0 Å². The summed E-state index contributed by atoms with van der Waals surface area (Å²) in [7, 11) is 0. The molecule has 1 unspecified atom stereocenters. The molecule has 0 aromatic carbocycles. The largest absolute Gasteiger partial charge is 0.355 e. The molecular formula is C23H28N4. The summed E-state index contributed by atoms with van der Waals surface area (Å²) in [4.78, 5) is 13.6. The minimum atomic E-state index is -0.0263. The molecule has 0 spiro atoms. The van der Waals surface area contributed by atoms with Crippen molar-refractivity contribution in [2.45, 2.75) is 40.7 Å². The highest BCUT2D eigenvalue weighted by atomic mass is 14.9. The monoisotopic (exact) mass is 360 g/mol. The molecule has 0 saturated carbocycles. The third-order valence-corrected chi connectivity index (χ3v) is 3.82. The summed E-state index contributed by atoms with van der Waals surface area (Å²) in [6.07, 6.45) is 17.9. The number of allylic oxidation sites excluding steroid dienone is 6. The Morgan fingerprint density at radius 1 is 1.11 bits per heavy atom. The zero-order valence-corrected chi connectivity index (χ0v) is 16.8. The molecule has 1 aliphatic heterocycles. The summed E-state index contributed by atoms with van der Waals surface area (Å²) < 4.78 is 0. The van der Waals surface area contributed by atoms with Crippen LogP contribution < -0.4 is 5.32 Å². The van der Waals surface area contributed by atoms with Gasteiger partial charge in [0.05, 0.1) is 17.5 Å². The summed E-state index contributed by atoms with van der Waals surface area (Å²) in [6, 6.07) is 3.88. The van der Waals surface area contributed by atoms with E-state index in [0.717, 1.165) is 34.1 Å². The van der Waals surface area contributed by atoms with Gasteiger partial charge in [0.15, 0.2) is 0 Å². The van der Waals surface area contributed by atoms with Gasteiger partial charge in [-0.2, -0.15) is 0 Å². The van der Waals surface area contributed by atoms with Crippen molar-refractivity contribution in [2.75, 3.05) is 5.32 Å². The van der Waals surface area contributed by atoms with Gasteiger partial charge < -0.3 is 5.32 Å². The summed E-state index contributed by atoms with van der Waals surface area (Å²) >= 11 is 0. The van der Waals surface area contributed by atoms with Crippen LogP contribution in [0, 0.1) is 0 Å². The molecule has 0 amide bonds. The number of nitrogens with zero attached hydrogens (tertiary/aromatic N) is 3. The van der Waals surface area contributed by atoms with Crippen molar-refractivity contribution in [1.82, 2.24) is 4.98 Å². The van der Waals surface area contributed by atoms with Crippen LogP contribution in [0.1, 0.15) is 34.6 Å². The predicted molar refractivity (Wildman–Crippen MR) is 117 cm³/mol. The third-order valence-electron chi connectivity index (χ3n) is 3.82. The topological polar surface area (TPSA) is 49.6 Å². The number of pyridine rings is 1. The van der Waals surface area contributed by atoms with Crippen LogP contribution in [0.3, 0.4) is 0 Å². The molecule has 1 atom stereocenters. The molecule has 0 fully saturated rings. The Balaban J connectivity index is 0.00000126. The van der Waals surface area contributed by atoms with Crippen LogP contribution in [-0.4, -0.2) is 22.4 Å². The first-order chi connectivity index (χ1) is 13.2. The first-order valence-corrected chi connectivity index (χ1v) is 9.38. The third kappa shape index (κ3) is 5.48. The Morgan fingerprint density at radius 2 is 1.85 bits per heavy atom. The highest BCUT2D eigenvalue weighted by molar-refractivity contribution is 6.11. The number of anilines is 1. The number of aliphatic imine (C=N–C) groups is 2. The van der Waals surface area contributed by atoms with E-state index < -0.39 is 0 Å². The fraction of sp³-hybridized carbons (Fsp3) is 0.261. The Labute approximate surface area is 162 Å². The second kappa shape index (κ2) is 10.2. The molecule has 1 aromatic rings. The molecular weight excluding hydrogens is 332 g/mol. The van der Waals surface area contributed by atoms with E-state index in [2.05, 4.69) is 33.5 Å². The maximum Gasteiger partial charge on any atom is 0.0961 e. The fourth-order valence-electron chi connectivity index (χ4n) is 2.71. The molecule has 4 nitrogen and oxygen atoms in total. The molecule has 1 N–H and O–H groups in total. The first-order valence-electron chi connectivity index (χ1n) is 9.38. The maximum absolute atomic E-state index is 4.90. The van der Waals surface area contributed by atoms with Crippen molar-refractivity contribution < 1.29 is 0 Å². The van der Waals surface area contributed by atoms with Gasteiger partial charge >= 0.3 is 0 Å². The van der Waals surface area contributed by atoms with Crippen LogP contribution >= 0.6 is 0 Å². The number of fused-ring (bicyclic) bond motifs is 1. The molecule has 4 heteroatoms. The Kier molecular flexibility index (Phi) is 7.68. The first kappa shape index (κ1) is 20.3. The lowest BCUT2D eigenvalue weighted by Crippen LogP contribution is -2.21. The Hall–Kier alpha value is -3.01. The van der Waals surface area contributed by atoms with Gasteiger partial charge in [-0.1, -0.05) is 50.3 Å². The van der Waals surface area contributed by atoms with Gasteiger partial charge in [0.1, 0.15) is 0 Å². The summed E-state index contributed by atoms with van der Waals surface area (Å²) in [5.41, 5.74) is 5.94. The number of dihydropyridines is 1. The second-order valence-corrected chi connectivity index (χ2v) is 6.00. The van der Waals surface area contributed by atoms with Gasteiger partial charge in [-0.15, -0.1) is 0 Å². The van der Waals surface area contributed by atoms with Crippen LogP contribution in [0.5, 0.6) is 0 Å². The standard InChI is InChI=1S/C21H22N4.C2H6/c1-4-18(23-15(2)3)21-14-20(24-16-10-12-22-13-11-16)17-8-6-5-7-9-19(17)25-21;1-2/h4-14,19H,1-3H3,(H,22,24);1-2H3/b18-4-;. The van der Waals surface area contributed by atoms with Gasteiger partial charge in [0, 0.05) is 35.1 Å². The van der Waals surface area contributed by atoms with E-state index in [-0.39, 0.29) is 6.04 Å². The van der Waals surface area contributed by atoms with Crippen LogP contribution in [0.15, 0.2) is 94.0 Å². The van der Waals surface area contributed by atoms with Gasteiger partial charge in [0.25, 0.3) is 0 Å². The van der Waals surface area contributed by atoms with Crippen LogP contribution in [0.2, 0.25) is 0 Å². The van der Waals surface area contributed by atoms with E-state index in [1.54, 1.807) is 12.4 Å². The molecule has 1 aromatic heterocycles. The van der Waals surface area contributed by atoms with E-state index >= 15 is 0 Å². The zero-order chi connectivity index (χ0) is 19.6. The van der Waals surface area contributed by atoms with E-state index in [9.17, 15) is 0 Å². The molecule has 2 aliphatic rings. The van der Waals surface area contributed by atoms with Crippen molar-refractivity contribution in [3.05, 3.63) is 84.0 Å². The highest BCUT2D eigenvalue weighted by Gasteiger charge is 2.22. The molecule has 0 bridgehead atoms. The number of rotatable bonds is 4. The molecule has 0 radical (unpaired) electrons. The quantitative estimate of drug-likeness (QED) is 0.704. The lowest BCUT2D eigenvalue weighted by atomic mass is 9.97. The summed E-state index contributed by atoms with van der Waals surface area (Å²) in [6.45, 7) is 9.98. The molecule has 1 aliphatic carbocycles. The zero-order valence-electron chi connectivity index (χ0n) is 16.8. The van der Waals surface area contributed by atoms with Crippen molar-refractivity contribution in [3.63, 3.8) is 0 Å². The number of aromatic nitrogens is 1. The maximum atomic E-state index is 4.90. The highest BCUT2D eigenvalue weighted by Crippen LogP contribution is 2.28. The number of hydrogen-bond donors (Lipinski definition) is 1. The molecule has 3 rings (SSSR count). The summed E-state index contributed by atoms with van der Waals surface area (Å²) in [5.74, 6) is 0. The van der Waals surface area contributed by atoms with Gasteiger partial charge in [-0.3, -0.25) is 15.0 Å². The van der Waals surface area contributed by atoms with Gasteiger partial charge in [-0.05, 0) is 39.0 Å². The normalized spacial score (nSPS) is 18.0. The molecule has 0 saturated heterocycles. The molecule has 2 heterocycles. The van der Waals surface area contributed by atoms with Crippen molar-refractivity contribution in [3.8, 4) is 0 Å². The average molecular weight is 361 g/mol. The lowest BCUT2D eigenvalue weighted by molar-refractivity contribution is 0.947. The molecule has 140 valence electrons. The number of hydrogen-bond acceptors (Lipinski definition) is 4. The van der Waals surface area contributed by atoms with Crippen molar-refractivity contribution >= 4 is 17.1 Å². The number of nitrogens with one attached hydrogen (secondary N) is 1. The van der Waals surface area contributed by atoms with E-state index in [1.807, 2.05) is 71.1 Å². The smallest absolute Gasteiger partial charge is 0.0961 e. The molecule has 27 heavy (non-hydrogen) atoms.